The summed E-state index contributed by atoms with van der Waals surface area (Å²) in [5, 5.41) is 18.2. The van der Waals surface area contributed by atoms with Gasteiger partial charge in [0.15, 0.2) is 23.4 Å². The molecule has 16 heteroatoms. The maximum atomic E-state index is 12.9. The zero-order chi connectivity index (χ0) is 31.3. The van der Waals surface area contributed by atoms with Crippen LogP contribution >= 0.6 is 69.6 Å². The fourth-order valence-corrected chi connectivity index (χ4v) is 4.66. The zero-order valence-corrected chi connectivity index (χ0v) is 25.4. The minimum atomic E-state index is -1.40. The third-order valence-electron chi connectivity index (χ3n) is 5.06. The van der Waals surface area contributed by atoms with Gasteiger partial charge in [0.05, 0.1) is 46.8 Å². The minimum Gasteiger partial charge on any atom is -0.505 e. The van der Waals surface area contributed by atoms with Gasteiger partial charge in [-0.2, -0.15) is 0 Å². The largest absolute Gasteiger partial charge is 0.505 e. The number of rotatable bonds is 9. The molecule has 0 spiro atoms. The molecule has 10 nitrogen and oxygen atoms in total. The summed E-state index contributed by atoms with van der Waals surface area (Å²) in [6, 6.07) is 6.62. The molecule has 42 heavy (non-hydrogen) atoms. The molecule has 3 rings (SSSR count). The van der Waals surface area contributed by atoms with Crippen LogP contribution in [0.25, 0.3) is 0 Å². The standard InChI is InChI=1S/C26H16Cl6O10/c1-10(33)41-23-19(31)6-13(7-20(23)32)26(38)42-14(8-39-24(36)11-2-15(27)21(34)16(28)3-11)9-40-25(37)12-4-17(29)22(35)18(30)5-12/h2-7,14,34-35H,8-9H2,1H3. The van der Waals surface area contributed by atoms with Crippen LogP contribution in [0.1, 0.15) is 38.0 Å². The Kier molecular flexibility index (Phi) is 11.4. The number of aromatic hydroxyl groups is 2. The number of phenolic OH excluding ortho intramolecular Hbond substituents is 2. The Bertz CT molecular complexity index is 1430. The lowest BCUT2D eigenvalue weighted by Gasteiger charge is -2.19. The molecule has 0 amide bonds. The van der Waals surface area contributed by atoms with E-state index in [4.69, 9.17) is 88.6 Å². The first kappa shape index (κ1) is 33.4. The van der Waals surface area contributed by atoms with Crippen LogP contribution in [0.4, 0.5) is 0 Å². The van der Waals surface area contributed by atoms with Crippen molar-refractivity contribution in [3.63, 3.8) is 0 Å². The van der Waals surface area contributed by atoms with Gasteiger partial charge in [-0.25, -0.2) is 14.4 Å². The molecule has 0 saturated carbocycles. The van der Waals surface area contributed by atoms with E-state index in [0.717, 1.165) is 43.3 Å². The maximum absolute atomic E-state index is 12.9. The van der Waals surface area contributed by atoms with Gasteiger partial charge in [0.25, 0.3) is 0 Å². The number of halogens is 6. The van der Waals surface area contributed by atoms with Gasteiger partial charge in [-0.15, -0.1) is 0 Å². The van der Waals surface area contributed by atoms with Crippen LogP contribution in [-0.2, 0) is 19.0 Å². The highest BCUT2D eigenvalue weighted by Gasteiger charge is 2.24. The van der Waals surface area contributed by atoms with E-state index in [1.807, 2.05) is 0 Å². The number of ether oxygens (including phenoxy) is 4. The molecular weight excluding hydrogens is 685 g/mol. The van der Waals surface area contributed by atoms with Crippen molar-refractivity contribution in [3.8, 4) is 17.2 Å². The Balaban J connectivity index is 1.81. The molecular formula is C26H16Cl6O10. The highest BCUT2D eigenvalue weighted by molar-refractivity contribution is 6.39. The highest BCUT2D eigenvalue weighted by atomic mass is 35.5. The molecule has 2 N–H and O–H groups in total. The summed E-state index contributed by atoms with van der Waals surface area (Å²) in [5.41, 5.74) is -0.464. The van der Waals surface area contributed by atoms with E-state index in [9.17, 15) is 29.4 Å². The van der Waals surface area contributed by atoms with Gasteiger partial charge >= 0.3 is 23.9 Å². The molecule has 0 fully saturated rings. The molecule has 0 atom stereocenters. The monoisotopic (exact) mass is 698 g/mol. The Morgan fingerprint density at radius 2 is 0.952 bits per heavy atom. The SMILES string of the molecule is CC(=O)Oc1c(Cl)cc(C(=O)OC(COC(=O)c2cc(Cl)c(O)c(Cl)c2)COC(=O)c2cc(Cl)c(O)c(Cl)c2)cc1Cl. The van der Waals surface area contributed by atoms with Crippen molar-refractivity contribution in [2.45, 2.75) is 13.0 Å². The molecule has 0 heterocycles. The maximum Gasteiger partial charge on any atom is 0.338 e. The van der Waals surface area contributed by atoms with Gasteiger partial charge in [-0.3, -0.25) is 4.79 Å². The van der Waals surface area contributed by atoms with Crippen LogP contribution in [0.15, 0.2) is 36.4 Å². The van der Waals surface area contributed by atoms with Crippen molar-refractivity contribution in [1.82, 2.24) is 0 Å². The van der Waals surface area contributed by atoms with Gasteiger partial charge in [-0.05, 0) is 36.4 Å². The van der Waals surface area contributed by atoms with Crippen LogP contribution in [0.5, 0.6) is 17.2 Å². The van der Waals surface area contributed by atoms with Crippen LogP contribution in [0, 0.1) is 0 Å². The van der Waals surface area contributed by atoms with Gasteiger partial charge in [0.1, 0.15) is 13.2 Å². The first-order valence-electron chi connectivity index (χ1n) is 11.3. The second kappa shape index (κ2) is 14.4. The summed E-state index contributed by atoms with van der Waals surface area (Å²) < 4.78 is 20.7. The first-order chi connectivity index (χ1) is 19.7. The number of hydrogen-bond acceptors (Lipinski definition) is 10. The van der Waals surface area contributed by atoms with E-state index in [1.165, 1.54) is 0 Å². The molecule has 0 aliphatic heterocycles. The van der Waals surface area contributed by atoms with E-state index in [2.05, 4.69) is 0 Å². The molecule has 0 aliphatic carbocycles. The van der Waals surface area contributed by atoms with E-state index in [-0.39, 0.29) is 52.6 Å². The summed E-state index contributed by atoms with van der Waals surface area (Å²) in [7, 11) is 0. The minimum absolute atomic E-state index is 0.141. The number of carbonyl (C=O) groups is 4. The zero-order valence-electron chi connectivity index (χ0n) is 20.9. The Morgan fingerprint density at radius 3 is 1.31 bits per heavy atom. The summed E-state index contributed by atoms with van der Waals surface area (Å²) >= 11 is 35.6. The Hall–Kier alpha value is -3.12. The molecule has 0 radical (unpaired) electrons. The van der Waals surface area contributed by atoms with Crippen molar-refractivity contribution in [1.29, 1.82) is 0 Å². The van der Waals surface area contributed by atoms with Crippen LogP contribution in [-0.4, -0.2) is 53.4 Å². The Labute approximate surface area is 267 Å². The molecule has 222 valence electrons. The molecule has 0 bridgehead atoms. The molecule has 0 saturated heterocycles. The molecule has 0 aromatic heterocycles. The number of esters is 4. The van der Waals surface area contributed by atoms with Crippen molar-refractivity contribution >= 4 is 93.5 Å². The quantitative estimate of drug-likeness (QED) is 0.134. The second-order valence-corrected chi connectivity index (χ2v) is 10.6. The lowest BCUT2D eigenvalue weighted by molar-refractivity contribution is -0.131. The normalized spacial score (nSPS) is 10.8. The number of hydrogen-bond donors (Lipinski definition) is 2. The van der Waals surface area contributed by atoms with Gasteiger partial charge in [0.2, 0.25) is 0 Å². The van der Waals surface area contributed by atoms with Gasteiger partial charge < -0.3 is 29.2 Å². The molecule has 3 aromatic carbocycles. The van der Waals surface area contributed by atoms with Gasteiger partial charge in [-0.1, -0.05) is 69.6 Å². The van der Waals surface area contributed by atoms with Crippen LogP contribution < -0.4 is 4.74 Å². The lowest BCUT2D eigenvalue weighted by Crippen LogP contribution is -2.31. The third kappa shape index (κ3) is 8.47. The van der Waals surface area contributed by atoms with Gasteiger partial charge in [0, 0.05) is 6.92 Å². The third-order valence-corrected chi connectivity index (χ3v) is 6.77. The smallest absolute Gasteiger partial charge is 0.338 e. The lowest BCUT2D eigenvalue weighted by atomic mass is 10.2. The van der Waals surface area contributed by atoms with Crippen molar-refractivity contribution in [2.75, 3.05) is 13.2 Å². The summed E-state index contributed by atoms with van der Waals surface area (Å²) in [6.07, 6.45) is -1.40. The van der Waals surface area contributed by atoms with E-state index < -0.39 is 54.7 Å². The average Bonchev–Trinajstić information content (AvgIpc) is 2.92. The number of benzene rings is 3. The van der Waals surface area contributed by atoms with Crippen molar-refractivity contribution < 1.29 is 48.3 Å². The summed E-state index contributed by atoms with van der Waals surface area (Å²) in [6.45, 7) is -0.155. The van der Waals surface area contributed by atoms with Crippen LogP contribution in [0.2, 0.25) is 30.1 Å². The Morgan fingerprint density at radius 1 is 0.619 bits per heavy atom. The summed E-state index contributed by atoms with van der Waals surface area (Å²) in [5.74, 6) is -4.75. The van der Waals surface area contributed by atoms with E-state index >= 15 is 0 Å². The summed E-state index contributed by atoms with van der Waals surface area (Å²) in [4.78, 5) is 49.4. The van der Waals surface area contributed by atoms with Crippen LogP contribution in [0.3, 0.4) is 0 Å². The van der Waals surface area contributed by atoms with E-state index in [1.54, 1.807) is 0 Å². The molecule has 3 aromatic rings. The highest BCUT2D eigenvalue weighted by Crippen LogP contribution is 2.36. The molecule has 0 unspecified atom stereocenters. The first-order valence-corrected chi connectivity index (χ1v) is 13.5. The van der Waals surface area contributed by atoms with Crippen molar-refractivity contribution in [2.24, 2.45) is 0 Å². The fraction of sp³-hybridized carbons (Fsp3) is 0.154. The number of phenols is 2. The number of carbonyl (C=O) groups excluding carboxylic acids is 4. The fourth-order valence-electron chi connectivity index (χ4n) is 3.13. The average molecular weight is 701 g/mol. The van der Waals surface area contributed by atoms with Crippen molar-refractivity contribution in [3.05, 3.63) is 83.2 Å². The topological polar surface area (TPSA) is 146 Å². The second-order valence-electron chi connectivity index (χ2n) is 8.16. The molecule has 0 aliphatic rings. The predicted octanol–water partition coefficient (Wildman–Crippen LogP) is 7.18. The van der Waals surface area contributed by atoms with E-state index in [0.29, 0.717) is 0 Å². The predicted molar refractivity (Wildman–Crippen MR) is 154 cm³/mol.